The van der Waals surface area contributed by atoms with Crippen LogP contribution in [0.25, 0.3) is 0 Å². The summed E-state index contributed by atoms with van der Waals surface area (Å²) in [5.74, 6) is 0.579. The fraction of sp³-hybridized carbons (Fsp3) is 0.765. The van der Waals surface area contributed by atoms with Crippen LogP contribution in [0.15, 0.2) is 4.99 Å². The molecule has 3 aliphatic rings. The molecule has 9 nitrogen and oxygen atoms in total. The zero-order chi connectivity index (χ0) is 19.0. The first-order chi connectivity index (χ1) is 12.3. The normalized spacial score (nSPS) is 26.9. The van der Waals surface area contributed by atoms with Gasteiger partial charge in [-0.2, -0.15) is 0 Å². The van der Waals surface area contributed by atoms with E-state index in [0.717, 1.165) is 12.4 Å². The van der Waals surface area contributed by atoms with Crippen LogP contribution in [-0.4, -0.2) is 77.4 Å². The van der Waals surface area contributed by atoms with E-state index in [0.29, 0.717) is 38.4 Å². The van der Waals surface area contributed by atoms with Crippen LogP contribution in [0.2, 0.25) is 0 Å². The van der Waals surface area contributed by atoms with Crippen LogP contribution in [0.5, 0.6) is 0 Å². The van der Waals surface area contributed by atoms with Gasteiger partial charge in [0, 0.05) is 32.6 Å². The van der Waals surface area contributed by atoms with Crippen LogP contribution in [-0.2, 0) is 9.59 Å². The minimum Gasteiger partial charge on any atom is -0.369 e. The predicted molar refractivity (Wildman–Crippen MR) is 96.0 cm³/mol. The molecule has 26 heavy (non-hydrogen) atoms. The van der Waals surface area contributed by atoms with E-state index in [2.05, 4.69) is 24.1 Å². The van der Waals surface area contributed by atoms with Crippen molar-refractivity contribution in [3.8, 4) is 0 Å². The quantitative estimate of drug-likeness (QED) is 0.716. The van der Waals surface area contributed by atoms with Gasteiger partial charge in [0.05, 0.1) is 0 Å². The van der Waals surface area contributed by atoms with Gasteiger partial charge in [0.25, 0.3) is 5.91 Å². The van der Waals surface area contributed by atoms with Crippen molar-refractivity contribution < 1.29 is 14.4 Å². The van der Waals surface area contributed by atoms with Crippen LogP contribution in [0.1, 0.15) is 33.1 Å². The summed E-state index contributed by atoms with van der Waals surface area (Å²) < 4.78 is 0. The molecule has 2 atom stereocenters. The summed E-state index contributed by atoms with van der Waals surface area (Å²) in [6, 6.07) is -0.919. The fourth-order valence-electron chi connectivity index (χ4n) is 3.78. The molecule has 3 rings (SSSR count). The number of likely N-dealkylation sites (tertiary alicyclic amines) is 1. The largest absolute Gasteiger partial charge is 0.369 e. The zero-order valence-corrected chi connectivity index (χ0v) is 15.6. The molecule has 3 aliphatic heterocycles. The van der Waals surface area contributed by atoms with Gasteiger partial charge >= 0.3 is 6.03 Å². The summed E-state index contributed by atoms with van der Waals surface area (Å²) in [5, 5.41) is 2.42. The molecular formula is C17H28N6O3. The lowest BCUT2D eigenvalue weighted by molar-refractivity contribution is -0.127. The third kappa shape index (κ3) is 3.34. The number of likely N-dealkylation sites (N-methyl/N-ethyl adjacent to an activating group) is 1. The second kappa shape index (κ2) is 7.13. The molecule has 0 aromatic rings. The summed E-state index contributed by atoms with van der Waals surface area (Å²) in [6.45, 7) is 6.31. The molecule has 3 N–H and O–H groups in total. The van der Waals surface area contributed by atoms with Crippen molar-refractivity contribution in [1.29, 1.82) is 0 Å². The standard InChI is InChI=1S/C17H28N6O3/c1-10(2)4-9-23-12-14(21(3)17(26)20-15(12)25)19-16(23)22-7-5-11(6-8-22)13(18)24/h10-12,14H,4-9H2,1-3H3,(H2,18,24)(H,20,25,26). The number of urea groups is 1. The topological polar surface area (TPSA) is 111 Å². The van der Waals surface area contributed by atoms with Gasteiger partial charge in [0.2, 0.25) is 5.91 Å². The van der Waals surface area contributed by atoms with Crippen molar-refractivity contribution >= 4 is 23.8 Å². The molecule has 0 spiro atoms. The minimum absolute atomic E-state index is 0.104. The number of guanidine groups is 1. The lowest BCUT2D eigenvalue weighted by atomic mass is 9.96. The van der Waals surface area contributed by atoms with Gasteiger partial charge < -0.3 is 20.4 Å². The Labute approximate surface area is 153 Å². The Hall–Kier alpha value is -2.32. The molecule has 0 bridgehead atoms. The molecule has 0 aliphatic carbocycles. The summed E-state index contributed by atoms with van der Waals surface area (Å²) in [7, 11) is 1.66. The summed E-state index contributed by atoms with van der Waals surface area (Å²) in [5.41, 5.74) is 5.43. The Kier molecular flexibility index (Phi) is 5.06. The number of nitrogens with one attached hydrogen (secondary N) is 1. The number of primary amides is 1. The Balaban J connectivity index is 1.82. The van der Waals surface area contributed by atoms with Gasteiger partial charge in [-0.25, -0.2) is 9.79 Å². The number of aliphatic imine (C=N–C) groups is 1. The highest BCUT2D eigenvalue weighted by Crippen LogP contribution is 2.28. The number of carbonyl (C=O) groups excluding carboxylic acids is 3. The van der Waals surface area contributed by atoms with Crippen LogP contribution in [0.3, 0.4) is 0 Å². The maximum Gasteiger partial charge on any atom is 0.325 e. The molecule has 0 aromatic carbocycles. The van der Waals surface area contributed by atoms with Gasteiger partial charge in [-0.15, -0.1) is 0 Å². The van der Waals surface area contributed by atoms with Crippen LogP contribution >= 0.6 is 0 Å². The van der Waals surface area contributed by atoms with Gasteiger partial charge in [0.15, 0.2) is 18.2 Å². The SMILES string of the molecule is CC(C)CCN1C(N2CCC(C(N)=O)CC2)=NC2C1C(=O)NC(=O)N2C. The first kappa shape index (κ1) is 18.5. The van der Waals surface area contributed by atoms with Crippen molar-refractivity contribution in [1.82, 2.24) is 20.0 Å². The number of hydrogen-bond acceptors (Lipinski definition) is 6. The summed E-state index contributed by atoms with van der Waals surface area (Å²) in [4.78, 5) is 46.2. The Morgan fingerprint density at radius 2 is 1.96 bits per heavy atom. The number of imide groups is 1. The zero-order valence-electron chi connectivity index (χ0n) is 15.6. The molecule has 0 saturated carbocycles. The highest BCUT2D eigenvalue weighted by atomic mass is 16.2. The van der Waals surface area contributed by atoms with Crippen molar-refractivity contribution in [3.05, 3.63) is 0 Å². The van der Waals surface area contributed by atoms with E-state index in [9.17, 15) is 14.4 Å². The molecule has 9 heteroatoms. The number of piperidine rings is 1. The van der Waals surface area contributed by atoms with E-state index in [4.69, 9.17) is 10.7 Å². The van der Waals surface area contributed by atoms with Gasteiger partial charge in [-0.3, -0.25) is 14.9 Å². The van der Waals surface area contributed by atoms with Crippen LogP contribution in [0, 0.1) is 11.8 Å². The maximum absolute atomic E-state index is 12.5. The molecule has 0 aromatic heterocycles. The van der Waals surface area contributed by atoms with Crippen molar-refractivity contribution in [3.63, 3.8) is 0 Å². The molecule has 4 amide bonds. The molecular weight excluding hydrogens is 336 g/mol. The minimum atomic E-state index is -0.507. The third-order valence-corrected chi connectivity index (χ3v) is 5.47. The number of nitrogens with zero attached hydrogens (tertiary/aromatic N) is 4. The average Bonchev–Trinajstić information content (AvgIpc) is 2.98. The smallest absolute Gasteiger partial charge is 0.325 e. The van der Waals surface area contributed by atoms with Crippen molar-refractivity contribution in [2.75, 3.05) is 26.7 Å². The number of nitrogens with two attached hydrogens (primary N) is 1. The van der Waals surface area contributed by atoms with E-state index < -0.39 is 18.2 Å². The average molecular weight is 364 g/mol. The number of rotatable bonds is 4. The molecule has 2 unspecified atom stereocenters. The monoisotopic (exact) mass is 364 g/mol. The van der Waals surface area contributed by atoms with Gasteiger partial charge in [-0.05, 0) is 25.2 Å². The van der Waals surface area contributed by atoms with Crippen molar-refractivity contribution in [2.24, 2.45) is 22.6 Å². The molecule has 2 saturated heterocycles. The highest BCUT2D eigenvalue weighted by molar-refractivity contribution is 6.03. The third-order valence-electron chi connectivity index (χ3n) is 5.47. The number of amides is 4. The summed E-state index contributed by atoms with van der Waals surface area (Å²) in [6.07, 6.45) is 1.78. The molecule has 0 radical (unpaired) electrons. The number of carbonyl (C=O) groups is 3. The lowest BCUT2D eigenvalue weighted by Gasteiger charge is -2.39. The molecule has 2 fully saturated rings. The highest BCUT2D eigenvalue weighted by Gasteiger charge is 2.49. The van der Waals surface area contributed by atoms with E-state index in [-0.39, 0.29) is 17.7 Å². The van der Waals surface area contributed by atoms with E-state index in [1.165, 1.54) is 4.90 Å². The predicted octanol–water partition coefficient (Wildman–Crippen LogP) is -0.222. The first-order valence-corrected chi connectivity index (χ1v) is 9.26. The van der Waals surface area contributed by atoms with Crippen LogP contribution in [0.4, 0.5) is 4.79 Å². The number of fused-ring (bicyclic) bond motifs is 1. The van der Waals surface area contributed by atoms with Gasteiger partial charge in [-0.1, -0.05) is 13.8 Å². The lowest BCUT2D eigenvalue weighted by Crippen LogP contribution is -2.64. The second-order valence-corrected chi connectivity index (χ2v) is 7.73. The van der Waals surface area contributed by atoms with E-state index in [1.807, 2.05) is 4.90 Å². The van der Waals surface area contributed by atoms with E-state index in [1.54, 1.807) is 7.05 Å². The first-order valence-electron chi connectivity index (χ1n) is 9.26. The fourth-order valence-corrected chi connectivity index (χ4v) is 3.78. The molecule has 144 valence electrons. The Bertz CT molecular complexity index is 626. The Morgan fingerprint density at radius 3 is 2.54 bits per heavy atom. The van der Waals surface area contributed by atoms with Crippen LogP contribution < -0.4 is 11.1 Å². The molecule has 3 heterocycles. The van der Waals surface area contributed by atoms with Crippen molar-refractivity contribution in [2.45, 2.75) is 45.3 Å². The Morgan fingerprint density at radius 1 is 1.31 bits per heavy atom. The van der Waals surface area contributed by atoms with Gasteiger partial charge in [0.1, 0.15) is 0 Å². The maximum atomic E-state index is 12.5. The second-order valence-electron chi connectivity index (χ2n) is 7.73. The number of hydrogen-bond donors (Lipinski definition) is 2. The van der Waals surface area contributed by atoms with E-state index >= 15 is 0 Å². The summed E-state index contributed by atoms with van der Waals surface area (Å²) >= 11 is 0.